The summed E-state index contributed by atoms with van der Waals surface area (Å²) in [4.78, 5) is 15.6. The molecule has 0 aromatic carbocycles. The van der Waals surface area contributed by atoms with Crippen LogP contribution in [0.1, 0.15) is 27.7 Å². The van der Waals surface area contributed by atoms with Crippen LogP contribution in [0.5, 0.6) is 0 Å². The second kappa shape index (κ2) is 6.37. The van der Waals surface area contributed by atoms with Gasteiger partial charge in [-0.05, 0) is 39.8 Å². The van der Waals surface area contributed by atoms with Crippen molar-refractivity contribution in [1.29, 1.82) is 0 Å². The highest BCUT2D eigenvalue weighted by molar-refractivity contribution is 7.89. The minimum atomic E-state index is -3.92. The first kappa shape index (κ1) is 17.3. The van der Waals surface area contributed by atoms with E-state index in [0.717, 1.165) is 0 Å². The normalized spacial score (nSPS) is 13.6. The molecule has 0 aliphatic carbocycles. The van der Waals surface area contributed by atoms with Gasteiger partial charge in [-0.1, -0.05) is 0 Å². The number of nitrogens with two attached hydrogens (primary N) is 1. The molecule has 5 N–H and O–H groups in total. The van der Waals surface area contributed by atoms with Gasteiger partial charge in [0.25, 0.3) is 0 Å². The number of hydrogen-bond acceptors (Lipinski definition) is 6. The summed E-state index contributed by atoms with van der Waals surface area (Å²) >= 11 is 0. The standard InChI is InChI=1S/C12H21N5O3S/c1-8(11(18)15-12(2,3)4)17-21(19,20)9-6-5-7-14-10(9)16-13/h5-8,17H,13H2,1-4H3,(H,14,16)(H,15,18). The lowest BCUT2D eigenvalue weighted by molar-refractivity contribution is -0.123. The second-order valence-corrected chi connectivity index (χ2v) is 7.26. The maximum Gasteiger partial charge on any atom is 0.245 e. The highest BCUT2D eigenvalue weighted by atomic mass is 32.2. The zero-order chi connectivity index (χ0) is 16.3. The van der Waals surface area contributed by atoms with Crippen LogP contribution < -0.4 is 21.3 Å². The number of amides is 1. The van der Waals surface area contributed by atoms with Crippen LogP contribution in [0.15, 0.2) is 23.2 Å². The van der Waals surface area contributed by atoms with Crippen molar-refractivity contribution in [2.75, 3.05) is 5.43 Å². The molecule has 8 nitrogen and oxygen atoms in total. The number of aromatic nitrogens is 1. The molecule has 0 bridgehead atoms. The number of carbonyl (C=O) groups is 1. The van der Waals surface area contributed by atoms with Gasteiger partial charge >= 0.3 is 0 Å². The number of hydrazine groups is 1. The Bertz CT molecular complexity index is 610. The lowest BCUT2D eigenvalue weighted by atomic mass is 10.1. The average molecular weight is 315 g/mol. The Kier molecular flexibility index (Phi) is 5.26. The minimum Gasteiger partial charge on any atom is -0.350 e. The Hall–Kier alpha value is -1.71. The van der Waals surface area contributed by atoms with Crippen molar-refractivity contribution in [3.05, 3.63) is 18.3 Å². The zero-order valence-corrected chi connectivity index (χ0v) is 13.3. The van der Waals surface area contributed by atoms with E-state index in [4.69, 9.17) is 5.84 Å². The van der Waals surface area contributed by atoms with Gasteiger partial charge in [0.15, 0.2) is 5.82 Å². The van der Waals surface area contributed by atoms with Crippen LogP contribution in [0.3, 0.4) is 0 Å². The van der Waals surface area contributed by atoms with Crippen molar-refractivity contribution >= 4 is 21.7 Å². The summed E-state index contributed by atoms with van der Waals surface area (Å²) in [6, 6.07) is 1.88. The number of sulfonamides is 1. The van der Waals surface area contributed by atoms with Crippen molar-refractivity contribution in [2.24, 2.45) is 5.84 Å². The van der Waals surface area contributed by atoms with Crippen LogP contribution in [-0.4, -0.2) is 30.9 Å². The topological polar surface area (TPSA) is 126 Å². The smallest absolute Gasteiger partial charge is 0.245 e. The van der Waals surface area contributed by atoms with Crippen LogP contribution in [0, 0.1) is 0 Å². The molecule has 1 aromatic rings. The average Bonchev–Trinajstić information content (AvgIpc) is 2.36. The van der Waals surface area contributed by atoms with Crippen molar-refractivity contribution in [3.8, 4) is 0 Å². The van der Waals surface area contributed by atoms with Crippen LogP contribution in [0.4, 0.5) is 5.82 Å². The zero-order valence-electron chi connectivity index (χ0n) is 12.5. The number of nitrogens with zero attached hydrogens (tertiary/aromatic N) is 1. The molecule has 1 unspecified atom stereocenters. The van der Waals surface area contributed by atoms with E-state index in [9.17, 15) is 13.2 Å². The van der Waals surface area contributed by atoms with E-state index in [1.54, 1.807) is 0 Å². The maximum atomic E-state index is 12.3. The maximum absolute atomic E-state index is 12.3. The molecule has 1 heterocycles. The molecule has 0 saturated carbocycles. The van der Waals surface area contributed by atoms with Gasteiger partial charge in [0.1, 0.15) is 4.90 Å². The van der Waals surface area contributed by atoms with Crippen LogP contribution >= 0.6 is 0 Å². The number of nitrogens with one attached hydrogen (secondary N) is 3. The minimum absolute atomic E-state index is 0.00781. The van der Waals surface area contributed by atoms with Gasteiger partial charge in [0, 0.05) is 11.7 Å². The molecule has 1 aromatic heterocycles. The second-order valence-electron chi connectivity index (χ2n) is 5.58. The number of anilines is 1. The number of pyridine rings is 1. The molecular weight excluding hydrogens is 294 g/mol. The third-order valence-electron chi connectivity index (χ3n) is 2.42. The molecule has 0 fully saturated rings. The van der Waals surface area contributed by atoms with Gasteiger partial charge in [-0.25, -0.2) is 19.2 Å². The molecule has 0 radical (unpaired) electrons. The van der Waals surface area contributed by atoms with Crippen LogP contribution in [0.2, 0.25) is 0 Å². The monoisotopic (exact) mass is 315 g/mol. The Morgan fingerprint density at radius 3 is 2.52 bits per heavy atom. The SMILES string of the molecule is CC(NS(=O)(=O)c1cccnc1NN)C(=O)NC(C)(C)C. The van der Waals surface area contributed by atoms with E-state index in [-0.39, 0.29) is 10.7 Å². The van der Waals surface area contributed by atoms with E-state index in [1.165, 1.54) is 25.3 Å². The summed E-state index contributed by atoms with van der Waals surface area (Å²) in [7, 11) is -3.92. The van der Waals surface area contributed by atoms with Gasteiger partial charge in [-0.3, -0.25) is 4.79 Å². The lowest BCUT2D eigenvalue weighted by Crippen LogP contribution is -2.50. The molecule has 1 atom stereocenters. The Morgan fingerprint density at radius 1 is 1.38 bits per heavy atom. The highest BCUT2D eigenvalue weighted by Crippen LogP contribution is 2.17. The first-order valence-corrected chi connectivity index (χ1v) is 7.81. The first-order valence-electron chi connectivity index (χ1n) is 6.33. The number of rotatable bonds is 5. The molecule has 1 amide bonds. The Morgan fingerprint density at radius 2 is 2.00 bits per heavy atom. The van der Waals surface area contributed by atoms with E-state index in [2.05, 4.69) is 20.4 Å². The third-order valence-corrected chi connectivity index (χ3v) is 3.99. The summed E-state index contributed by atoms with van der Waals surface area (Å²) < 4.78 is 26.8. The molecule has 9 heteroatoms. The predicted octanol–water partition coefficient (Wildman–Crippen LogP) is -0.0513. The van der Waals surface area contributed by atoms with Gasteiger partial charge in [-0.2, -0.15) is 4.72 Å². The molecule has 1 rings (SSSR count). The van der Waals surface area contributed by atoms with Crippen molar-refractivity contribution in [3.63, 3.8) is 0 Å². The highest BCUT2D eigenvalue weighted by Gasteiger charge is 2.26. The lowest BCUT2D eigenvalue weighted by Gasteiger charge is -2.23. The van der Waals surface area contributed by atoms with Crippen molar-refractivity contribution in [1.82, 2.24) is 15.0 Å². The van der Waals surface area contributed by atoms with E-state index >= 15 is 0 Å². The van der Waals surface area contributed by atoms with Crippen LogP contribution in [-0.2, 0) is 14.8 Å². The fraction of sp³-hybridized carbons (Fsp3) is 0.500. The number of carbonyl (C=O) groups excluding carboxylic acids is 1. The van der Waals surface area contributed by atoms with Crippen molar-refractivity contribution in [2.45, 2.75) is 44.2 Å². The summed E-state index contributed by atoms with van der Waals surface area (Å²) in [6.45, 7) is 6.89. The van der Waals surface area contributed by atoms with Gasteiger partial charge in [0.2, 0.25) is 15.9 Å². The van der Waals surface area contributed by atoms with Gasteiger partial charge < -0.3 is 10.7 Å². The fourth-order valence-corrected chi connectivity index (χ4v) is 2.87. The summed E-state index contributed by atoms with van der Waals surface area (Å²) in [6.07, 6.45) is 1.41. The molecule has 0 aliphatic rings. The summed E-state index contributed by atoms with van der Waals surface area (Å²) in [5.41, 5.74) is 1.76. The molecule has 21 heavy (non-hydrogen) atoms. The third kappa shape index (κ3) is 4.96. The largest absolute Gasteiger partial charge is 0.350 e. The van der Waals surface area contributed by atoms with E-state index in [1.807, 2.05) is 20.8 Å². The number of nitrogen functional groups attached to an aromatic ring is 1. The molecule has 0 aliphatic heterocycles. The Balaban J connectivity index is 2.93. The van der Waals surface area contributed by atoms with Gasteiger partial charge in [0.05, 0.1) is 6.04 Å². The van der Waals surface area contributed by atoms with Crippen LogP contribution in [0.25, 0.3) is 0 Å². The Labute approximate surface area is 124 Å². The molecular formula is C12H21N5O3S. The summed E-state index contributed by atoms with van der Waals surface area (Å²) in [5, 5.41) is 2.70. The van der Waals surface area contributed by atoms with Crippen molar-refractivity contribution < 1.29 is 13.2 Å². The van der Waals surface area contributed by atoms with E-state index < -0.39 is 27.5 Å². The van der Waals surface area contributed by atoms with Gasteiger partial charge in [-0.15, -0.1) is 0 Å². The summed E-state index contributed by atoms with van der Waals surface area (Å²) in [5.74, 6) is 4.83. The molecule has 118 valence electrons. The fourth-order valence-electron chi connectivity index (χ4n) is 1.54. The van der Waals surface area contributed by atoms with E-state index in [0.29, 0.717) is 0 Å². The quantitative estimate of drug-likeness (QED) is 0.446. The molecule has 0 spiro atoms. The molecule has 0 saturated heterocycles. The first-order chi connectivity index (χ1) is 9.57. The predicted molar refractivity (Wildman–Crippen MR) is 79.7 cm³/mol. The number of hydrogen-bond donors (Lipinski definition) is 4.